The Balaban J connectivity index is 2.30. The number of hydrazine groups is 1. The molecular formula is C12H15N3O4. The highest BCUT2D eigenvalue weighted by atomic mass is 16.5. The number of alkyl carbamates (subject to hydrolysis) is 1. The Kier molecular flexibility index (Phi) is 5.87. The summed E-state index contributed by atoms with van der Waals surface area (Å²) in [6.45, 7) is 1.58. The van der Waals surface area contributed by atoms with Crippen molar-refractivity contribution >= 4 is 18.4 Å². The zero-order chi connectivity index (χ0) is 14.1. The van der Waals surface area contributed by atoms with E-state index in [0.29, 0.717) is 6.41 Å². The van der Waals surface area contributed by atoms with Crippen LogP contribution in [-0.4, -0.2) is 24.5 Å². The van der Waals surface area contributed by atoms with E-state index in [1.807, 2.05) is 35.8 Å². The van der Waals surface area contributed by atoms with E-state index in [1.54, 1.807) is 0 Å². The molecule has 0 fully saturated rings. The SMILES string of the molecule is C[C@H](NC(=O)OCc1ccccc1)C(=O)NNC=O. The van der Waals surface area contributed by atoms with E-state index in [4.69, 9.17) is 4.74 Å². The highest BCUT2D eigenvalue weighted by Gasteiger charge is 2.15. The van der Waals surface area contributed by atoms with Gasteiger partial charge >= 0.3 is 6.09 Å². The quantitative estimate of drug-likeness (QED) is 0.501. The van der Waals surface area contributed by atoms with Crippen LogP contribution in [0.25, 0.3) is 0 Å². The average molecular weight is 265 g/mol. The Hall–Kier alpha value is -2.57. The molecule has 7 heteroatoms. The van der Waals surface area contributed by atoms with E-state index in [1.165, 1.54) is 6.92 Å². The van der Waals surface area contributed by atoms with Crippen LogP contribution in [0, 0.1) is 0 Å². The molecule has 0 saturated carbocycles. The molecule has 0 aliphatic rings. The molecule has 1 rings (SSSR count). The van der Waals surface area contributed by atoms with Crippen molar-refractivity contribution in [2.75, 3.05) is 0 Å². The molecule has 1 atom stereocenters. The summed E-state index contributed by atoms with van der Waals surface area (Å²) in [6, 6.07) is 8.33. The lowest BCUT2D eigenvalue weighted by atomic mass is 10.2. The predicted molar refractivity (Wildman–Crippen MR) is 66.6 cm³/mol. The van der Waals surface area contributed by atoms with Crippen LogP contribution in [0.1, 0.15) is 12.5 Å². The Morgan fingerprint density at radius 3 is 2.63 bits per heavy atom. The number of nitrogens with one attached hydrogen (secondary N) is 3. The molecule has 0 bridgehead atoms. The van der Waals surface area contributed by atoms with Gasteiger partial charge in [0.15, 0.2) is 0 Å². The molecule has 0 heterocycles. The smallest absolute Gasteiger partial charge is 0.408 e. The van der Waals surface area contributed by atoms with Crippen molar-refractivity contribution < 1.29 is 19.1 Å². The molecule has 0 unspecified atom stereocenters. The molecule has 3 N–H and O–H groups in total. The van der Waals surface area contributed by atoms with Crippen LogP contribution in [0.4, 0.5) is 4.79 Å². The molecule has 1 aromatic carbocycles. The summed E-state index contributed by atoms with van der Waals surface area (Å²) in [4.78, 5) is 32.7. The fourth-order valence-electron chi connectivity index (χ4n) is 1.22. The van der Waals surface area contributed by atoms with Crippen LogP contribution in [0.3, 0.4) is 0 Å². The molecule has 7 nitrogen and oxygen atoms in total. The second kappa shape index (κ2) is 7.70. The highest BCUT2D eigenvalue weighted by Crippen LogP contribution is 2.00. The minimum atomic E-state index is -0.823. The molecule has 0 aliphatic heterocycles. The Morgan fingerprint density at radius 1 is 1.32 bits per heavy atom. The molecule has 19 heavy (non-hydrogen) atoms. The highest BCUT2D eigenvalue weighted by molar-refractivity contribution is 5.85. The molecule has 0 spiro atoms. The summed E-state index contributed by atoms with van der Waals surface area (Å²) < 4.78 is 4.93. The Morgan fingerprint density at radius 2 is 2.00 bits per heavy atom. The number of benzene rings is 1. The fraction of sp³-hybridized carbons (Fsp3) is 0.250. The second-order valence-corrected chi connectivity index (χ2v) is 3.68. The first kappa shape index (κ1) is 14.5. The zero-order valence-corrected chi connectivity index (χ0v) is 10.4. The van der Waals surface area contributed by atoms with E-state index < -0.39 is 18.0 Å². The molecule has 0 radical (unpaired) electrons. The minimum absolute atomic E-state index is 0.119. The number of amides is 3. The number of ether oxygens (including phenoxy) is 1. The van der Waals surface area contributed by atoms with Gasteiger partial charge in [0.25, 0.3) is 5.91 Å². The standard InChI is InChI=1S/C12H15N3O4/c1-9(11(17)15-13-8-16)14-12(18)19-7-10-5-3-2-4-6-10/h2-6,8-9H,7H2,1H3,(H,13,16)(H,14,18)(H,15,17)/t9-/m0/s1. The van der Waals surface area contributed by atoms with Gasteiger partial charge in [0, 0.05) is 0 Å². The minimum Gasteiger partial charge on any atom is -0.445 e. The lowest BCUT2D eigenvalue weighted by molar-refractivity contribution is -0.126. The van der Waals surface area contributed by atoms with E-state index in [9.17, 15) is 14.4 Å². The molecule has 1 aromatic rings. The van der Waals surface area contributed by atoms with Gasteiger partial charge in [0.2, 0.25) is 6.41 Å². The van der Waals surface area contributed by atoms with Crippen molar-refractivity contribution in [3.8, 4) is 0 Å². The van der Waals surface area contributed by atoms with Gasteiger partial charge in [-0.05, 0) is 12.5 Å². The number of hydrogen-bond acceptors (Lipinski definition) is 4. The number of carbonyl (C=O) groups is 3. The van der Waals surface area contributed by atoms with Crippen LogP contribution in [0.5, 0.6) is 0 Å². The van der Waals surface area contributed by atoms with E-state index in [-0.39, 0.29) is 6.61 Å². The Labute approximate surface area is 110 Å². The largest absolute Gasteiger partial charge is 0.445 e. The first-order chi connectivity index (χ1) is 9.13. The van der Waals surface area contributed by atoms with E-state index in [2.05, 4.69) is 10.7 Å². The summed E-state index contributed by atoms with van der Waals surface area (Å²) in [5, 5.41) is 2.33. The van der Waals surface area contributed by atoms with Gasteiger partial charge in [-0.1, -0.05) is 30.3 Å². The van der Waals surface area contributed by atoms with Gasteiger partial charge in [-0.25, -0.2) is 4.79 Å². The third-order valence-corrected chi connectivity index (χ3v) is 2.19. The van der Waals surface area contributed by atoms with Crippen LogP contribution >= 0.6 is 0 Å². The maximum Gasteiger partial charge on any atom is 0.408 e. The van der Waals surface area contributed by atoms with Crippen LogP contribution in [-0.2, 0) is 20.9 Å². The number of hydrogen-bond donors (Lipinski definition) is 3. The lowest BCUT2D eigenvalue weighted by Crippen LogP contribution is -2.49. The van der Waals surface area contributed by atoms with Crippen molar-refractivity contribution in [1.82, 2.24) is 16.2 Å². The van der Waals surface area contributed by atoms with Crippen molar-refractivity contribution in [2.24, 2.45) is 0 Å². The summed E-state index contributed by atoms with van der Waals surface area (Å²) in [5.41, 5.74) is 4.92. The number of rotatable bonds is 6. The summed E-state index contributed by atoms with van der Waals surface area (Å²) in [7, 11) is 0. The fourth-order valence-corrected chi connectivity index (χ4v) is 1.22. The first-order valence-electron chi connectivity index (χ1n) is 5.59. The zero-order valence-electron chi connectivity index (χ0n) is 10.4. The molecule has 102 valence electrons. The van der Waals surface area contributed by atoms with E-state index >= 15 is 0 Å². The van der Waals surface area contributed by atoms with Crippen molar-refractivity contribution in [3.05, 3.63) is 35.9 Å². The third-order valence-electron chi connectivity index (χ3n) is 2.19. The third kappa shape index (κ3) is 5.53. The average Bonchev–Trinajstić information content (AvgIpc) is 2.43. The summed E-state index contributed by atoms with van der Waals surface area (Å²) >= 11 is 0. The number of carbonyl (C=O) groups excluding carboxylic acids is 3. The Bertz CT molecular complexity index is 436. The normalized spacial score (nSPS) is 11.0. The van der Waals surface area contributed by atoms with Crippen LogP contribution in [0.2, 0.25) is 0 Å². The molecule has 0 saturated heterocycles. The maximum atomic E-state index is 11.4. The van der Waals surface area contributed by atoms with Gasteiger partial charge in [0.05, 0.1) is 0 Å². The van der Waals surface area contributed by atoms with Crippen molar-refractivity contribution in [3.63, 3.8) is 0 Å². The van der Waals surface area contributed by atoms with Crippen LogP contribution in [0.15, 0.2) is 30.3 Å². The van der Waals surface area contributed by atoms with Gasteiger partial charge in [-0.2, -0.15) is 0 Å². The van der Waals surface area contributed by atoms with Gasteiger partial charge in [-0.3, -0.25) is 20.4 Å². The maximum absolute atomic E-state index is 11.4. The first-order valence-corrected chi connectivity index (χ1v) is 5.59. The summed E-state index contributed by atoms with van der Waals surface area (Å²) in [5.74, 6) is -0.552. The van der Waals surface area contributed by atoms with E-state index in [0.717, 1.165) is 5.56 Å². The van der Waals surface area contributed by atoms with Crippen molar-refractivity contribution in [1.29, 1.82) is 0 Å². The van der Waals surface area contributed by atoms with Gasteiger partial charge in [0.1, 0.15) is 12.6 Å². The molecular weight excluding hydrogens is 250 g/mol. The summed E-state index contributed by atoms with van der Waals surface area (Å²) in [6.07, 6.45) is -0.393. The molecule has 0 aromatic heterocycles. The topological polar surface area (TPSA) is 96.5 Å². The van der Waals surface area contributed by atoms with Crippen molar-refractivity contribution in [2.45, 2.75) is 19.6 Å². The van der Waals surface area contributed by atoms with Crippen LogP contribution < -0.4 is 16.2 Å². The van der Waals surface area contributed by atoms with Gasteiger partial charge in [-0.15, -0.1) is 0 Å². The molecule has 3 amide bonds. The van der Waals surface area contributed by atoms with Gasteiger partial charge < -0.3 is 10.1 Å². The monoisotopic (exact) mass is 265 g/mol. The second-order valence-electron chi connectivity index (χ2n) is 3.68. The predicted octanol–water partition coefficient (Wildman–Crippen LogP) is 0.0785. The lowest BCUT2D eigenvalue weighted by Gasteiger charge is -2.13. The molecule has 0 aliphatic carbocycles.